The van der Waals surface area contributed by atoms with Crippen molar-refractivity contribution in [1.29, 1.82) is 0 Å². The van der Waals surface area contributed by atoms with Crippen molar-refractivity contribution in [3.05, 3.63) is 24.3 Å². The van der Waals surface area contributed by atoms with Crippen LogP contribution in [0.25, 0.3) is 0 Å². The van der Waals surface area contributed by atoms with Gasteiger partial charge in [-0.1, -0.05) is 24.3 Å². The van der Waals surface area contributed by atoms with Crippen LogP contribution in [0.5, 0.6) is 0 Å². The molecule has 0 heterocycles. The summed E-state index contributed by atoms with van der Waals surface area (Å²) in [6, 6.07) is 0. The average Bonchev–Trinajstić information content (AvgIpc) is 1.80. The summed E-state index contributed by atoms with van der Waals surface area (Å²) in [6.07, 6.45) is 6.80. The topological polar surface area (TPSA) is 40.1 Å². The molecule has 0 amide bonds. The summed E-state index contributed by atoms with van der Waals surface area (Å²) in [6.45, 7) is 1.86. The summed E-state index contributed by atoms with van der Waals surface area (Å²) in [5.74, 6) is -1.05. The van der Waals surface area contributed by atoms with Crippen molar-refractivity contribution in [3.8, 4) is 0 Å². The summed E-state index contributed by atoms with van der Waals surface area (Å²) in [7, 11) is 0. The minimum atomic E-state index is -1.05. The Hall–Kier alpha value is -0.0500. The molecule has 0 atom stereocenters. The molecule has 0 radical (unpaired) electrons. The Balaban J connectivity index is 0. The Kier molecular flexibility index (Phi) is 11.3. The quantitative estimate of drug-likeness (QED) is 0.322. The second-order valence-corrected chi connectivity index (χ2v) is 1.53. The van der Waals surface area contributed by atoms with Crippen LogP contribution in [0.1, 0.15) is 13.3 Å². The van der Waals surface area contributed by atoms with Gasteiger partial charge in [-0.25, -0.2) is 0 Å². The zero-order chi connectivity index (χ0) is 7.11. The second-order valence-electron chi connectivity index (χ2n) is 1.53. The Morgan fingerprint density at radius 3 is 2.50 bits per heavy atom. The number of carbonyl (C=O) groups excluding carboxylic acids is 1. The van der Waals surface area contributed by atoms with Crippen molar-refractivity contribution in [3.63, 3.8) is 0 Å². The van der Waals surface area contributed by atoms with Crippen LogP contribution in [0, 0.1) is 0 Å². The number of carboxylic acids is 1. The minimum absolute atomic E-state index is 0. The Morgan fingerprint density at radius 2 is 2.10 bits per heavy atom. The van der Waals surface area contributed by atoms with E-state index in [4.69, 9.17) is 0 Å². The fourth-order valence-electron chi connectivity index (χ4n) is 0.354. The summed E-state index contributed by atoms with van der Waals surface area (Å²) in [4.78, 5) is 9.78. The summed E-state index contributed by atoms with van der Waals surface area (Å²) >= 11 is 0. The molecule has 0 rings (SSSR count). The molecule has 0 aliphatic carbocycles. The molecule has 10 heavy (non-hydrogen) atoms. The Labute approximate surface area is 82.9 Å². The van der Waals surface area contributed by atoms with Crippen molar-refractivity contribution in [2.75, 3.05) is 0 Å². The van der Waals surface area contributed by atoms with Gasteiger partial charge in [-0.2, -0.15) is 0 Å². The van der Waals surface area contributed by atoms with Crippen LogP contribution in [-0.4, -0.2) is 5.97 Å². The number of carboxylic acid groups (broad SMARTS) is 1. The Morgan fingerprint density at radius 1 is 1.50 bits per heavy atom. The molecule has 3 heteroatoms. The van der Waals surface area contributed by atoms with Gasteiger partial charge in [0.15, 0.2) is 0 Å². The number of carbonyl (C=O) groups is 1. The van der Waals surface area contributed by atoms with E-state index in [-0.39, 0.29) is 36.0 Å². The maximum Gasteiger partial charge on any atom is 1.00 e. The first-order valence-corrected chi connectivity index (χ1v) is 2.75. The molecule has 50 valence electrons. The predicted octanol–water partition coefficient (Wildman–Crippen LogP) is -2.74. The molecule has 0 spiro atoms. The number of allylic oxidation sites excluding steroid dienone is 3. The van der Waals surface area contributed by atoms with Gasteiger partial charge < -0.3 is 9.90 Å². The zero-order valence-electron chi connectivity index (χ0n) is 6.33. The van der Waals surface area contributed by atoms with Gasteiger partial charge in [-0.15, -0.1) is 0 Å². The fourth-order valence-corrected chi connectivity index (χ4v) is 0.354. The summed E-state index contributed by atoms with van der Waals surface area (Å²) in [5, 5.41) is 9.78. The van der Waals surface area contributed by atoms with E-state index in [1.165, 1.54) is 6.08 Å². The maximum absolute atomic E-state index is 9.78. The van der Waals surface area contributed by atoms with Crippen LogP contribution >= 0.6 is 0 Å². The van der Waals surface area contributed by atoms with E-state index in [0.29, 0.717) is 0 Å². The molecular weight excluding hydrogens is 139 g/mol. The van der Waals surface area contributed by atoms with Gasteiger partial charge in [0.2, 0.25) is 0 Å². The normalized spacial score (nSPS) is 10.1. The number of hydrogen-bond acceptors (Lipinski definition) is 2. The van der Waals surface area contributed by atoms with Gasteiger partial charge in [-0.3, -0.25) is 0 Å². The SMILES string of the molecule is C/C=C/C=C/CC(=O)[O-].[Na+]. The molecule has 0 bridgehead atoms. The van der Waals surface area contributed by atoms with Gasteiger partial charge in [0.05, 0.1) is 0 Å². The molecule has 0 unspecified atom stereocenters. The fraction of sp³-hybridized carbons (Fsp3) is 0.286. The Bertz CT molecular complexity index is 139. The van der Waals surface area contributed by atoms with Crippen molar-refractivity contribution in [2.45, 2.75) is 13.3 Å². The molecule has 0 saturated carbocycles. The van der Waals surface area contributed by atoms with Crippen molar-refractivity contribution in [2.24, 2.45) is 0 Å². The van der Waals surface area contributed by atoms with Gasteiger partial charge in [0.25, 0.3) is 0 Å². The van der Waals surface area contributed by atoms with E-state index in [1.54, 1.807) is 12.2 Å². The van der Waals surface area contributed by atoms with Crippen LogP contribution in [0.15, 0.2) is 24.3 Å². The van der Waals surface area contributed by atoms with Crippen molar-refractivity contribution < 1.29 is 39.5 Å². The third-order valence-electron chi connectivity index (χ3n) is 0.724. The van der Waals surface area contributed by atoms with Crippen molar-refractivity contribution >= 4 is 5.97 Å². The molecule has 0 aliphatic rings. The molecule has 0 aliphatic heterocycles. The summed E-state index contributed by atoms with van der Waals surface area (Å²) < 4.78 is 0. The molecule has 0 aromatic carbocycles. The van der Waals surface area contributed by atoms with Crippen molar-refractivity contribution in [1.82, 2.24) is 0 Å². The molecule has 0 saturated heterocycles. The maximum atomic E-state index is 9.78. The average molecular weight is 148 g/mol. The van der Waals surface area contributed by atoms with Crippen LogP contribution in [-0.2, 0) is 4.79 Å². The van der Waals surface area contributed by atoms with E-state index < -0.39 is 5.97 Å². The molecule has 0 fully saturated rings. The van der Waals surface area contributed by atoms with Crippen LogP contribution in [0.3, 0.4) is 0 Å². The van der Waals surface area contributed by atoms with Gasteiger partial charge in [0.1, 0.15) is 0 Å². The molecule has 0 N–H and O–H groups in total. The molecule has 2 nitrogen and oxygen atoms in total. The van der Waals surface area contributed by atoms with Crippen LogP contribution in [0.2, 0.25) is 0 Å². The first-order chi connectivity index (χ1) is 4.27. The largest absolute Gasteiger partial charge is 1.00 e. The van der Waals surface area contributed by atoms with Gasteiger partial charge in [-0.05, 0) is 6.92 Å². The zero-order valence-corrected chi connectivity index (χ0v) is 8.33. The van der Waals surface area contributed by atoms with E-state index in [0.717, 1.165) is 0 Å². The van der Waals surface area contributed by atoms with Gasteiger partial charge >= 0.3 is 29.6 Å². The second kappa shape index (κ2) is 8.95. The van der Waals surface area contributed by atoms with E-state index in [9.17, 15) is 9.90 Å². The number of rotatable bonds is 3. The first kappa shape index (κ1) is 12.6. The van der Waals surface area contributed by atoms with Crippen LogP contribution in [0.4, 0.5) is 0 Å². The smallest absolute Gasteiger partial charge is 0.550 e. The molecular formula is C7H9NaO2. The van der Waals surface area contributed by atoms with Gasteiger partial charge in [0, 0.05) is 12.4 Å². The molecule has 0 aromatic rings. The summed E-state index contributed by atoms with van der Waals surface area (Å²) in [5.41, 5.74) is 0. The van der Waals surface area contributed by atoms with Crippen LogP contribution < -0.4 is 34.7 Å². The third kappa shape index (κ3) is 10.8. The standard InChI is InChI=1S/C7H10O2.Na/c1-2-3-4-5-6-7(8)9;/h2-5H,6H2,1H3,(H,8,9);/q;+1/p-1/b3-2+,5-4+;. The van der Waals surface area contributed by atoms with E-state index in [1.807, 2.05) is 13.0 Å². The first-order valence-electron chi connectivity index (χ1n) is 2.75. The van der Waals surface area contributed by atoms with E-state index >= 15 is 0 Å². The monoisotopic (exact) mass is 148 g/mol. The third-order valence-corrected chi connectivity index (χ3v) is 0.724. The number of hydrogen-bond donors (Lipinski definition) is 0. The predicted molar refractivity (Wildman–Crippen MR) is 33.6 cm³/mol. The number of aliphatic carboxylic acids is 1. The minimum Gasteiger partial charge on any atom is -0.550 e. The van der Waals surface area contributed by atoms with E-state index in [2.05, 4.69) is 0 Å². The molecule has 0 aromatic heterocycles.